The quantitative estimate of drug-likeness (QED) is 0.191. The van der Waals surface area contributed by atoms with Gasteiger partial charge in [-0.1, -0.05) is 19.3 Å². The summed E-state index contributed by atoms with van der Waals surface area (Å²) in [6.07, 6.45) is 7.19. The van der Waals surface area contributed by atoms with Gasteiger partial charge in [0.2, 0.25) is 5.75 Å². The minimum absolute atomic E-state index is 0.0170. The summed E-state index contributed by atoms with van der Waals surface area (Å²) in [6, 6.07) is 11.9. The standard InChI is InChI=1S/C33H40N2O9.C7H12N2/c1-38-19-7-8-20-21-9-10-35-16-18-13-27(44-32(36)17-11-25(39-2)30(41-4)26(12-17)40-3)31(42-5)28(33(37)43-6)22(18)15-24(35)29(21)34-23(20)14-19;8-6-9-7-4-2-1-3-5-7/h7-8,11-12,14,18,22,24,27-28,31,34H,9-10,13,15-16H2,1-6H3;7-8H,1-5H2/t18-,22+,24-,27-,28+,31+;/m1./s1. The number of aromatic amines is 1. The summed E-state index contributed by atoms with van der Waals surface area (Å²) in [5, 5.41) is 7.83. The van der Waals surface area contributed by atoms with Gasteiger partial charge in [0.15, 0.2) is 11.5 Å². The van der Waals surface area contributed by atoms with Crippen molar-refractivity contribution in [3.05, 3.63) is 47.2 Å². The lowest BCUT2D eigenvalue weighted by Gasteiger charge is -2.52. The second-order valence-corrected chi connectivity index (χ2v) is 14.2. The van der Waals surface area contributed by atoms with Gasteiger partial charge in [0, 0.05) is 42.9 Å². The number of methoxy groups -OCH3 is 6. The maximum absolute atomic E-state index is 13.5. The topological polar surface area (TPSA) is 154 Å². The number of carbonyl (C=O) groups is 2. The first kappa shape index (κ1) is 38.2. The Labute approximate surface area is 310 Å². The van der Waals surface area contributed by atoms with Gasteiger partial charge in [-0.15, -0.1) is 0 Å². The molecule has 0 radical (unpaired) electrons. The molecule has 2 N–H and O–H groups in total. The highest BCUT2D eigenvalue weighted by Gasteiger charge is 2.54. The van der Waals surface area contributed by atoms with E-state index in [4.69, 9.17) is 38.6 Å². The molecule has 1 saturated heterocycles. The molecule has 2 aliphatic carbocycles. The first-order valence-corrected chi connectivity index (χ1v) is 18.4. The number of esters is 2. The Kier molecular flexibility index (Phi) is 12.3. The van der Waals surface area contributed by atoms with Crippen molar-refractivity contribution < 1.29 is 42.7 Å². The van der Waals surface area contributed by atoms with Gasteiger partial charge in [-0.05, 0) is 73.8 Å². The van der Waals surface area contributed by atoms with E-state index < -0.39 is 24.1 Å². The third kappa shape index (κ3) is 7.74. The molecular formula is C40H52N4O9. The Hall–Kier alpha value is -4.58. The number of piperidine rings is 1. The average molecular weight is 733 g/mol. The molecule has 4 aliphatic rings. The van der Waals surface area contributed by atoms with E-state index in [0.717, 1.165) is 37.2 Å². The Morgan fingerprint density at radius 3 is 2.28 bits per heavy atom. The third-order valence-electron chi connectivity index (χ3n) is 11.6. The molecule has 13 heteroatoms. The zero-order valence-corrected chi connectivity index (χ0v) is 31.6. The van der Waals surface area contributed by atoms with E-state index in [1.165, 1.54) is 77.2 Å². The highest BCUT2D eigenvalue weighted by atomic mass is 16.6. The number of fused-ring (bicyclic) bond motifs is 6. The lowest BCUT2D eigenvalue weighted by molar-refractivity contribution is -0.176. The normalized spacial score (nSPS) is 25.2. The monoisotopic (exact) mass is 732 g/mol. The predicted octanol–water partition coefficient (Wildman–Crippen LogP) is 6.24. The molecular weight excluding hydrogens is 680 g/mol. The SMILES string of the molecule is COC(=O)[C@H]1[C@H]2C[C@@H]3c4[nH]c5cc(OC)ccc5c4CCN3C[C@H]2C[C@@H](OC(=O)c2cc(OC)c(OC)c(OC)c2)[C@@H]1OC.N=C=NC1CCCCC1. The lowest BCUT2D eigenvalue weighted by Crippen LogP contribution is -2.58. The summed E-state index contributed by atoms with van der Waals surface area (Å²) < 4.78 is 39.1. The van der Waals surface area contributed by atoms with Crippen LogP contribution in [0.2, 0.25) is 0 Å². The van der Waals surface area contributed by atoms with Crippen molar-refractivity contribution in [2.45, 2.75) is 75.7 Å². The zero-order valence-electron chi connectivity index (χ0n) is 31.6. The van der Waals surface area contributed by atoms with Gasteiger partial charge < -0.3 is 38.1 Å². The van der Waals surface area contributed by atoms with E-state index in [-0.39, 0.29) is 29.4 Å². The maximum atomic E-state index is 13.5. The molecule has 3 aromatic rings. The highest BCUT2D eigenvalue weighted by Crippen LogP contribution is 2.51. The van der Waals surface area contributed by atoms with Gasteiger partial charge in [0.05, 0.1) is 65.1 Å². The Morgan fingerprint density at radius 1 is 0.925 bits per heavy atom. The van der Waals surface area contributed by atoms with Crippen LogP contribution >= 0.6 is 0 Å². The molecule has 2 saturated carbocycles. The van der Waals surface area contributed by atoms with Gasteiger partial charge >= 0.3 is 11.9 Å². The van der Waals surface area contributed by atoms with Crippen LogP contribution in [0, 0.1) is 23.2 Å². The smallest absolute Gasteiger partial charge is 0.338 e. The molecule has 286 valence electrons. The van der Waals surface area contributed by atoms with Crippen molar-refractivity contribution in [3.8, 4) is 23.0 Å². The van der Waals surface area contributed by atoms with Crippen LogP contribution in [-0.4, -0.2) is 102 Å². The number of hydrogen-bond acceptors (Lipinski definition) is 12. The zero-order chi connectivity index (χ0) is 37.6. The third-order valence-corrected chi connectivity index (χ3v) is 11.6. The van der Waals surface area contributed by atoms with Gasteiger partial charge in [-0.25, -0.2) is 15.2 Å². The van der Waals surface area contributed by atoms with E-state index in [1.807, 2.05) is 12.1 Å². The molecule has 0 amide bonds. The van der Waals surface area contributed by atoms with Crippen LogP contribution in [0.15, 0.2) is 35.3 Å². The first-order valence-electron chi connectivity index (χ1n) is 18.4. The van der Waals surface area contributed by atoms with Crippen molar-refractivity contribution in [2.24, 2.45) is 22.7 Å². The van der Waals surface area contributed by atoms with Crippen molar-refractivity contribution in [3.63, 3.8) is 0 Å². The fraction of sp³-hybridized carbons (Fsp3) is 0.575. The molecule has 2 aliphatic heterocycles. The predicted molar refractivity (Wildman–Crippen MR) is 198 cm³/mol. The summed E-state index contributed by atoms with van der Waals surface area (Å²) >= 11 is 0. The van der Waals surface area contributed by atoms with Crippen LogP contribution in [0.25, 0.3) is 10.9 Å². The highest BCUT2D eigenvalue weighted by molar-refractivity contribution is 5.91. The number of H-pyrrole nitrogens is 1. The molecule has 1 aromatic heterocycles. The summed E-state index contributed by atoms with van der Waals surface area (Å²) in [5.41, 5.74) is 3.83. The van der Waals surface area contributed by atoms with Crippen molar-refractivity contribution >= 4 is 28.8 Å². The number of ether oxygens (including phenoxy) is 7. The summed E-state index contributed by atoms with van der Waals surface area (Å²) in [6.45, 7) is 1.68. The van der Waals surface area contributed by atoms with E-state index >= 15 is 0 Å². The number of nitrogens with zero attached hydrogens (tertiary/aromatic N) is 2. The minimum Gasteiger partial charge on any atom is -0.497 e. The van der Waals surface area contributed by atoms with Gasteiger partial charge in [0.1, 0.15) is 18.0 Å². The minimum atomic E-state index is -0.670. The van der Waals surface area contributed by atoms with Gasteiger partial charge in [-0.2, -0.15) is 0 Å². The number of aliphatic imine (C=N–C) groups is 1. The van der Waals surface area contributed by atoms with Crippen LogP contribution < -0.4 is 18.9 Å². The largest absolute Gasteiger partial charge is 0.497 e. The number of benzene rings is 2. The van der Waals surface area contributed by atoms with E-state index in [0.29, 0.717) is 29.7 Å². The summed E-state index contributed by atoms with van der Waals surface area (Å²) in [7, 11) is 9.10. The Morgan fingerprint density at radius 2 is 1.66 bits per heavy atom. The van der Waals surface area contributed by atoms with E-state index in [9.17, 15) is 9.59 Å². The van der Waals surface area contributed by atoms with Crippen LogP contribution in [0.5, 0.6) is 23.0 Å². The second kappa shape index (κ2) is 17.0. The number of carbonyl (C=O) groups excluding carboxylic acids is 2. The van der Waals surface area contributed by atoms with Crippen molar-refractivity contribution in [1.29, 1.82) is 5.41 Å². The Balaban J connectivity index is 0.000000468. The number of rotatable bonds is 9. The van der Waals surface area contributed by atoms with Crippen molar-refractivity contribution in [2.75, 3.05) is 55.7 Å². The fourth-order valence-electron chi connectivity index (χ4n) is 9.06. The Bertz CT molecular complexity index is 1790. The summed E-state index contributed by atoms with van der Waals surface area (Å²) in [4.78, 5) is 37.0. The average Bonchev–Trinajstić information content (AvgIpc) is 3.57. The van der Waals surface area contributed by atoms with Gasteiger partial charge in [-0.3, -0.25) is 9.69 Å². The number of hydrogen-bond donors (Lipinski definition) is 2. The number of aromatic nitrogens is 1. The van der Waals surface area contributed by atoms with Crippen LogP contribution in [0.4, 0.5) is 0 Å². The van der Waals surface area contributed by atoms with E-state index in [1.54, 1.807) is 26.4 Å². The molecule has 3 heterocycles. The molecule has 0 spiro atoms. The molecule has 53 heavy (non-hydrogen) atoms. The van der Waals surface area contributed by atoms with Crippen LogP contribution in [0.3, 0.4) is 0 Å². The molecule has 2 aromatic carbocycles. The molecule has 0 bridgehead atoms. The number of nitrogens with one attached hydrogen (secondary N) is 2. The molecule has 6 atom stereocenters. The molecule has 0 unspecified atom stereocenters. The maximum Gasteiger partial charge on any atom is 0.338 e. The van der Waals surface area contributed by atoms with Crippen LogP contribution in [0.1, 0.15) is 72.6 Å². The molecule has 3 fully saturated rings. The fourth-order valence-corrected chi connectivity index (χ4v) is 9.06. The van der Waals surface area contributed by atoms with E-state index in [2.05, 4.69) is 27.0 Å². The van der Waals surface area contributed by atoms with Crippen LogP contribution in [-0.2, 0) is 25.4 Å². The molecule has 7 rings (SSSR count). The van der Waals surface area contributed by atoms with Gasteiger partial charge in [0.25, 0.3) is 0 Å². The lowest BCUT2D eigenvalue weighted by atomic mass is 9.63. The summed E-state index contributed by atoms with van der Waals surface area (Å²) in [5.74, 6) is 0.441. The van der Waals surface area contributed by atoms with Crippen molar-refractivity contribution in [1.82, 2.24) is 9.88 Å². The first-order chi connectivity index (χ1) is 25.8. The second-order valence-electron chi connectivity index (χ2n) is 14.2. The molecule has 13 nitrogen and oxygen atoms in total.